The second-order valence-electron chi connectivity index (χ2n) is 7.95. The zero-order valence-corrected chi connectivity index (χ0v) is 20.2. The minimum atomic E-state index is -0.0472. The summed E-state index contributed by atoms with van der Waals surface area (Å²) in [5, 5.41) is -0.0472. The molecule has 0 saturated heterocycles. The molecule has 2 aromatic rings. The zero-order valence-electron chi connectivity index (χ0n) is 18.0. The van der Waals surface area contributed by atoms with Gasteiger partial charge in [-0.2, -0.15) is 0 Å². The lowest BCUT2D eigenvalue weighted by atomic mass is 9.86. The molecule has 1 aliphatic rings. The van der Waals surface area contributed by atoms with E-state index in [-0.39, 0.29) is 5.38 Å². The number of alkyl halides is 3. The molecule has 0 N–H and O–H groups in total. The maximum atomic E-state index is 6.89. The maximum absolute atomic E-state index is 6.89. The number of rotatable bonds is 10. The molecule has 0 aliphatic heterocycles. The molecule has 0 amide bonds. The van der Waals surface area contributed by atoms with Crippen molar-refractivity contribution in [1.29, 1.82) is 0 Å². The van der Waals surface area contributed by atoms with Gasteiger partial charge in [-0.25, -0.2) is 0 Å². The molecule has 2 atom stereocenters. The van der Waals surface area contributed by atoms with Gasteiger partial charge in [-0.1, -0.05) is 73.7 Å². The number of hydrogen-bond donors (Lipinski definition) is 0. The summed E-state index contributed by atoms with van der Waals surface area (Å²) in [7, 11) is 0. The molecule has 162 valence electrons. The van der Waals surface area contributed by atoms with Crippen LogP contribution in [-0.4, -0.2) is 0 Å². The quantitative estimate of drug-likeness (QED) is 0.239. The monoisotopic (exact) mass is 470 g/mol. The van der Waals surface area contributed by atoms with Crippen molar-refractivity contribution in [1.82, 2.24) is 0 Å². The summed E-state index contributed by atoms with van der Waals surface area (Å²) in [5.74, 6) is 1.42. The Hall–Kier alpha value is -1.69. The van der Waals surface area contributed by atoms with E-state index in [4.69, 9.17) is 34.8 Å². The summed E-state index contributed by atoms with van der Waals surface area (Å²) >= 11 is 18.8. The highest BCUT2D eigenvalue weighted by molar-refractivity contribution is 6.20. The van der Waals surface area contributed by atoms with Crippen LogP contribution in [0.15, 0.2) is 89.7 Å². The molecule has 0 bridgehead atoms. The highest BCUT2D eigenvalue weighted by Crippen LogP contribution is 2.37. The molecular formula is C28H29Cl3. The molecule has 0 aromatic heterocycles. The average Bonchev–Trinajstić information content (AvgIpc) is 3.07. The van der Waals surface area contributed by atoms with Crippen molar-refractivity contribution in [2.75, 3.05) is 0 Å². The van der Waals surface area contributed by atoms with E-state index in [1.807, 2.05) is 6.08 Å². The third kappa shape index (κ3) is 7.16. The molecule has 0 nitrogen and oxygen atoms in total. The molecule has 0 fully saturated rings. The first kappa shape index (κ1) is 24.0. The van der Waals surface area contributed by atoms with E-state index in [0.29, 0.717) is 17.7 Å². The fraction of sp³-hybridized carbons (Fsp3) is 0.321. The maximum Gasteiger partial charge on any atom is 0.0591 e. The lowest BCUT2D eigenvalue weighted by Crippen LogP contribution is -2.04. The Morgan fingerprint density at radius 3 is 2.03 bits per heavy atom. The molecule has 3 rings (SSSR count). The van der Waals surface area contributed by atoms with Crippen LogP contribution in [0.5, 0.6) is 0 Å². The van der Waals surface area contributed by atoms with Crippen molar-refractivity contribution in [3.05, 3.63) is 112 Å². The fourth-order valence-electron chi connectivity index (χ4n) is 3.80. The van der Waals surface area contributed by atoms with E-state index in [1.54, 1.807) is 0 Å². The van der Waals surface area contributed by atoms with Crippen molar-refractivity contribution in [2.45, 2.75) is 55.7 Å². The molecule has 31 heavy (non-hydrogen) atoms. The minimum absolute atomic E-state index is 0.0472. The first-order chi connectivity index (χ1) is 15.1. The third-order valence-corrected chi connectivity index (χ3v) is 6.87. The van der Waals surface area contributed by atoms with Crippen LogP contribution >= 0.6 is 34.8 Å². The Morgan fingerprint density at radius 1 is 0.839 bits per heavy atom. The Bertz CT molecular complexity index is 958. The second kappa shape index (κ2) is 12.4. The van der Waals surface area contributed by atoms with Crippen molar-refractivity contribution in [2.24, 2.45) is 0 Å². The van der Waals surface area contributed by atoms with Gasteiger partial charge >= 0.3 is 0 Å². The molecule has 2 aromatic carbocycles. The van der Waals surface area contributed by atoms with Crippen LogP contribution in [0.2, 0.25) is 0 Å². The summed E-state index contributed by atoms with van der Waals surface area (Å²) in [4.78, 5) is 0. The normalized spacial score (nSPS) is 15.2. The number of allylic oxidation sites excluding steroid dienone is 5. The standard InChI is InChI=1S/C28H29Cl3/c1-2-21-4-3-5-22(7-6-21)8-17-27(25-13-9-23(19-29)10-14-25)18-28(31)26-15-11-24(20-30)12-16-26/h3,5-7,9-16,27-28H,2,8,17-20H2,1H3. The van der Waals surface area contributed by atoms with Gasteiger partial charge in [-0.05, 0) is 71.1 Å². The molecule has 1 aliphatic carbocycles. The van der Waals surface area contributed by atoms with Gasteiger partial charge < -0.3 is 0 Å². The first-order valence-corrected chi connectivity index (χ1v) is 12.4. The second-order valence-corrected chi connectivity index (χ2v) is 9.02. The molecule has 0 radical (unpaired) electrons. The van der Waals surface area contributed by atoms with Gasteiger partial charge in [-0.3, -0.25) is 0 Å². The molecule has 3 heteroatoms. The highest BCUT2D eigenvalue weighted by Gasteiger charge is 2.19. The highest BCUT2D eigenvalue weighted by atomic mass is 35.5. The predicted octanol–water partition coefficient (Wildman–Crippen LogP) is 9.39. The van der Waals surface area contributed by atoms with Gasteiger partial charge in [-0.15, -0.1) is 40.5 Å². The van der Waals surface area contributed by atoms with Gasteiger partial charge in [0.25, 0.3) is 0 Å². The van der Waals surface area contributed by atoms with Crippen LogP contribution in [0.1, 0.15) is 66.2 Å². The van der Waals surface area contributed by atoms with E-state index in [0.717, 1.165) is 42.4 Å². The van der Waals surface area contributed by atoms with Gasteiger partial charge in [0.1, 0.15) is 0 Å². The zero-order chi connectivity index (χ0) is 22.1. The number of halogens is 3. The van der Waals surface area contributed by atoms with E-state index in [9.17, 15) is 0 Å². The largest absolute Gasteiger partial charge is 0.122 e. The van der Waals surface area contributed by atoms with Gasteiger partial charge in [0.15, 0.2) is 0 Å². The summed E-state index contributed by atoms with van der Waals surface area (Å²) in [6.45, 7) is 2.16. The third-order valence-electron chi connectivity index (χ3n) is 5.82. The van der Waals surface area contributed by atoms with Crippen LogP contribution in [-0.2, 0) is 11.8 Å². The van der Waals surface area contributed by atoms with Crippen molar-refractivity contribution < 1.29 is 0 Å². The SMILES string of the molecule is CCC1=C=CC=C(CCC(CC(Cl)c2ccc(CCl)cc2)c2ccc(CCl)cc2)C=C1. The van der Waals surface area contributed by atoms with Gasteiger partial charge in [0, 0.05) is 11.8 Å². The molecule has 0 heterocycles. The Balaban J connectivity index is 1.74. The smallest absolute Gasteiger partial charge is 0.0591 e. The first-order valence-electron chi connectivity index (χ1n) is 10.9. The molecule has 2 unspecified atom stereocenters. The summed E-state index contributed by atoms with van der Waals surface area (Å²) in [6.07, 6.45) is 12.6. The van der Waals surface area contributed by atoms with Crippen molar-refractivity contribution in [3.8, 4) is 0 Å². The van der Waals surface area contributed by atoms with Crippen molar-refractivity contribution in [3.63, 3.8) is 0 Å². The van der Waals surface area contributed by atoms with E-state index in [2.05, 4.69) is 79.4 Å². The van der Waals surface area contributed by atoms with Gasteiger partial charge in [0.05, 0.1) is 5.38 Å². The molecule has 0 saturated carbocycles. The molecular weight excluding hydrogens is 443 g/mol. The van der Waals surface area contributed by atoms with Crippen LogP contribution in [0.25, 0.3) is 0 Å². The predicted molar refractivity (Wildman–Crippen MR) is 136 cm³/mol. The van der Waals surface area contributed by atoms with Crippen molar-refractivity contribution >= 4 is 34.8 Å². The summed E-state index contributed by atoms with van der Waals surface area (Å²) < 4.78 is 0. The van der Waals surface area contributed by atoms with Crippen LogP contribution in [0.4, 0.5) is 0 Å². The van der Waals surface area contributed by atoms with Crippen LogP contribution in [0, 0.1) is 0 Å². The Kier molecular flexibility index (Phi) is 9.56. The Morgan fingerprint density at radius 2 is 1.45 bits per heavy atom. The Labute approximate surface area is 201 Å². The van der Waals surface area contributed by atoms with E-state index < -0.39 is 0 Å². The van der Waals surface area contributed by atoms with E-state index in [1.165, 1.54) is 16.7 Å². The number of hydrogen-bond acceptors (Lipinski definition) is 0. The minimum Gasteiger partial charge on any atom is -0.122 e. The van der Waals surface area contributed by atoms with Crippen LogP contribution < -0.4 is 0 Å². The average molecular weight is 472 g/mol. The topological polar surface area (TPSA) is 0 Å². The fourth-order valence-corrected chi connectivity index (χ4v) is 4.51. The lowest BCUT2D eigenvalue weighted by molar-refractivity contribution is 0.568. The number of benzene rings is 2. The van der Waals surface area contributed by atoms with Crippen LogP contribution in [0.3, 0.4) is 0 Å². The lowest BCUT2D eigenvalue weighted by Gasteiger charge is -2.21. The summed E-state index contributed by atoms with van der Waals surface area (Å²) in [6, 6.07) is 17.0. The summed E-state index contributed by atoms with van der Waals surface area (Å²) in [5.41, 5.74) is 10.6. The van der Waals surface area contributed by atoms with E-state index >= 15 is 0 Å². The van der Waals surface area contributed by atoms with Gasteiger partial charge in [0.2, 0.25) is 0 Å². The molecule has 0 spiro atoms.